The van der Waals surface area contributed by atoms with Crippen molar-refractivity contribution in [2.24, 2.45) is 0 Å². The Balaban J connectivity index is 1.28. The highest BCUT2D eigenvalue weighted by atomic mass is 32.2. The van der Waals surface area contributed by atoms with Crippen LogP contribution < -0.4 is 14.2 Å². The van der Waals surface area contributed by atoms with E-state index in [1.807, 2.05) is 4.90 Å². The molecule has 2 aliphatic heterocycles. The van der Waals surface area contributed by atoms with Crippen LogP contribution in [0.1, 0.15) is 5.56 Å². The normalized spacial score (nSPS) is 18.3. The van der Waals surface area contributed by atoms with E-state index in [1.54, 1.807) is 18.2 Å². The fraction of sp³-hybridized carbons (Fsp3) is 0.429. The number of benzene rings is 2. The summed E-state index contributed by atoms with van der Waals surface area (Å²) in [5.74, 6) is 1.72. The van der Waals surface area contributed by atoms with E-state index in [4.69, 9.17) is 14.2 Å². The molecular weight excluding hydrogens is 465 g/mol. The van der Waals surface area contributed by atoms with E-state index in [0.717, 1.165) is 22.5 Å². The molecule has 0 radical (unpaired) electrons. The van der Waals surface area contributed by atoms with Crippen molar-refractivity contribution in [2.75, 3.05) is 46.1 Å². The van der Waals surface area contributed by atoms with Crippen molar-refractivity contribution >= 4 is 10.0 Å². The third kappa shape index (κ3) is 5.52. The molecule has 33 heavy (non-hydrogen) atoms. The molecule has 12 heteroatoms. The summed E-state index contributed by atoms with van der Waals surface area (Å²) >= 11 is 0. The summed E-state index contributed by atoms with van der Waals surface area (Å²) in [5.41, 5.74) is -1.01. The molecule has 2 heterocycles. The summed E-state index contributed by atoms with van der Waals surface area (Å²) in [7, 11) is -4.05. The average Bonchev–Trinajstić information content (AvgIpc) is 3.25. The Labute approximate surface area is 189 Å². The van der Waals surface area contributed by atoms with Gasteiger partial charge in [-0.3, -0.25) is 4.90 Å². The lowest BCUT2D eigenvalue weighted by Gasteiger charge is -2.34. The minimum Gasteiger partial charge on any atom is -0.491 e. The zero-order valence-electron chi connectivity index (χ0n) is 17.5. The maximum absolute atomic E-state index is 12.9. The number of rotatable bonds is 7. The monoisotopic (exact) mass is 488 g/mol. The van der Waals surface area contributed by atoms with E-state index in [0.29, 0.717) is 36.4 Å². The number of sulfonamides is 1. The number of halogens is 3. The summed E-state index contributed by atoms with van der Waals surface area (Å²) in [6.07, 6.45) is -5.44. The molecule has 0 bridgehead atoms. The van der Waals surface area contributed by atoms with Crippen LogP contribution in [-0.2, 0) is 16.2 Å². The van der Waals surface area contributed by atoms with Crippen molar-refractivity contribution in [3.63, 3.8) is 0 Å². The number of nitrogens with zero attached hydrogens (tertiary/aromatic N) is 2. The highest BCUT2D eigenvalue weighted by molar-refractivity contribution is 7.89. The van der Waals surface area contributed by atoms with Crippen LogP contribution in [0, 0.1) is 0 Å². The number of hydrogen-bond acceptors (Lipinski definition) is 7. The first-order valence-corrected chi connectivity index (χ1v) is 11.7. The van der Waals surface area contributed by atoms with Gasteiger partial charge in [-0.25, -0.2) is 8.42 Å². The van der Waals surface area contributed by atoms with Gasteiger partial charge in [0.25, 0.3) is 0 Å². The van der Waals surface area contributed by atoms with Crippen molar-refractivity contribution in [3.05, 3.63) is 48.0 Å². The van der Waals surface area contributed by atoms with Crippen LogP contribution in [0.3, 0.4) is 0 Å². The van der Waals surface area contributed by atoms with Crippen molar-refractivity contribution in [3.8, 4) is 17.2 Å². The van der Waals surface area contributed by atoms with Gasteiger partial charge in [-0.1, -0.05) is 6.07 Å². The largest absolute Gasteiger partial charge is 0.491 e. The van der Waals surface area contributed by atoms with Crippen molar-refractivity contribution in [2.45, 2.75) is 17.2 Å². The minimum absolute atomic E-state index is 0.0302. The number of alkyl halides is 3. The number of aliphatic hydroxyl groups is 1. The van der Waals surface area contributed by atoms with Gasteiger partial charge in [0.1, 0.15) is 18.5 Å². The van der Waals surface area contributed by atoms with Crippen LogP contribution in [0.2, 0.25) is 0 Å². The Kier molecular flexibility index (Phi) is 6.71. The molecule has 1 unspecified atom stereocenters. The summed E-state index contributed by atoms with van der Waals surface area (Å²) in [5, 5.41) is 10.3. The second kappa shape index (κ2) is 9.37. The Morgan fingerprint density at radius 2 is 1.76 bits per heavy atom. The molecule has 1 saturated heterocycles. The van der Waals surface area contributed by atoms with Gasteiger partial charge in [0, 0.05) is 38.8 Å². The Hall–Kier alpha value is -2.54. The first kappa shape index (κ1) is 23.6. The Morgan fingerprint density at radius 1 is 1.03 bits per heavy atom. The maximum Gasteiger partial charge on any atom is 0.416 e. The molecule has 180 valence electrons. The van der Waals surface area contributed by atoms with E-state index in [9.17, 15) is 26.7 Å². The predicted octanol–water partition coefficient (Wildman–Crippen LogP) is 2.18. The molecule has 2 aromatic rings. The second-order valence-electron chi connectivity index (χ2n) is 7.71. The quantitative estimate of drug-likeness (QED) is 0.639. The van der Waals surface area contributed by atoms with Gasteiger partial charge in [0.05, 0.1) is 10.5 Å². The molecule has 1 N–H and O–H groups in total. The second-order valence-corrected chi connectivity index (χ2v) is 9.65. The predicted molar refractivity (Wildman–Crippen MR) is 111 cm³/mol. The van der Waals surface area contributed by atoms with Crippen LogP contribution in [0.4, 0.5) is 13.2 Å². The number of ether oxygens (including phenoxy) is 3. The van der Waals surface area contributed by atoms with E-state index in [-0.39, 0.29) is 37.9 Å². The molecule has 0 aromatic heterocycles. The molecule has 1 fully saturated rings. The topological polar surface area (TPSA) is 88.5 Å². The standard InChI is InChI=1S/C21H23F3N2O6S/c22-21(23,24)15-2-1-3-18(10-15)33(28,29)26-8-6-25(7-9-26)12-16(27)13-30-17-4-5-19-20(11-17)32-14-31-19/h1-5,10-11,16,27H,6-9,12-14H2. The van der Waals surface area contributed by atoms with Crippen LogP contribution in [-0.4, -0.2) is 75.0 Å². The molecular formula is C21H23F3N2O6S. The lowest BCUT2D eigenvalue weighted by Crippen LogP contribution is -2.50. The number of aliphatic hydroxyl groups excluding tert-OH is 1. The molecule has 8 nitrogen and oxygen atoms in total. The van der Waals surface area contributed by atoms with Crippen LogP contribution in [0.25, 0.3) is 0 Å². The zero-order chi connectivity index (χ0) is 23.6. The number of piperazine rings is 1. The van der Waals surface area contributed by atoms with Crippen molar-refractivity contribution < 1.29 is 40.9 Å². The van der Waals surface area contributed by atoms with Crippen molar-refractivity contribution in [1.29, 1.82) is 0 Å². The van der Waals surface area contributed by atoms with Gasteiger partial charge >= 0.3 is 6.18 Å². The first-order valence-electron chi connectivity index (χ1n) is 10.2. The third-order valence-corrected chi connectivity index (χ3v) is 7.28. The van der Waals surface area contributed by atoms with Gasteiger partial charge in [-0.15, -0.1) is 0 Å². The molecule has 0 spiro atoms. The Bertz CT molecular complexity index is 1090. The van der Waals surface area contributed by atoms with Gasteiger partial charge in [-0.2, -0.15) is 17.5 Å². The first-order chi connectivity index (χ1) is 15.6. The lowest BCUT2D eigenvalue weighted by molar-refractivity contribution is -0.137. The highest BCUT2D eigenvalue weighted by Gasteiger charge is 2.34. The number of fused-ring (bicyclic) bond motifs is 1. The SMILES string of the molecule is O=S(=O)(c1cccc(C(F)(F)F)c1)N1CCN(CC(O)COc2ccc3c(c2)OCO3)CC1. The molecule has 0 amide bonds. The Morgan fingerprint density at radius 3 is 2.48 bits per heavy atom. The van der Waals surface area contributed by atoms with E-state index >= 15 is 0 Å². The van der Waals surface area contributed by atoms with Gasteiger partial charge in [-0.05, 0) is 30.3 Å². The van der Waals surface area contributed by atoms with Gasteiger partial charge in [0.2, 0.25) is 16.8 Å². The van der Waals surface area contributed by atoms with Crippen LogP contribution >= 0.6 is 0 Å². The molecule has 1 atom stereocenters. The van der Waals surface area contributed by atoms with Crippen LogP contribution in [0.15, 0.2) is 47.4 Å². The summed E-state index contributed by atoms with van der Waals surface area (Å²) in [6.45, 7) is 1.32. The highest BCUT2D eigenvalue weighted by Crippen LogP contribution is 2.35. The van der Waals surface area contributed by atoms with Crippen molar-refractivity contribution in [1.82, 2.24) is 9.21 Å². The average molecular weight is 488 g/mol. The molecule has 2 aliphatic rings. The summed E-state index contributed by atoms with van der Waals surface area (Å²) in [4.78, 5) is 1.49. The number of β-amino-alcohol motifs (C(OH)–C–C–N with tert-alkyl or cyclic N) is 1. The summed E-state index contributed by atoms with van der Waals surface area (Å²) in [6, 6.07) is 8.83. The smallest absolute Gasteiger partial charge is 0.416 e. The third-order valence-electron chi connectivity index (χ3n) is 5.39. The molecule has 0 saturated carbocycles. The van der Waals surface area contributed by atoms with E-state index in [1.165, 1.54) is 0 Å². The van der Waals surface area contributed by atoms with Crippen LogP contribution in [0.5, 0.6) is 17.2 Å². The summed E-state index contributed by atoms with van der Waals surface area (Å²) < 4.78 is 81.7. The fourth-order valence-electron chi connectivity index (χ4n) is 3.64. The maximum atomic E-state index is 12.9. The fourth-order valence-corrected chi connectivity index (χ4v) is 5.11. The van der Waals surface area contributed by atoms with Gasteiger partial charge in [0.15, 0.2) is 11.5 Å². The molecule has 2 aromatic carbocycles. The number of hydrogen-bond donors (Lipinski definition) is 1. The minimum atomic E-state index is -4.62. The van der Waals surface area contributed by atoms with E-state index in [2.05, 4.69) is 0 Å². The lowest BCUT2D eigenvalue weighted by atomic mass is 10.2. The molecule has 0 aliphatic carbocycles. The van der Waals surface area contributed by atoms with Gasteiger partial charge < -0.3 is 19.3 Å². The van der Waals surface area contributed by atoms with E-state index < -0.39 is 27.9 Å². The molecule has 4 rings (SSSR count). The zero-order valence-corrected chi connectivity index (χ0v) is 18.3.